The number of rotatable bonds is 13. The van der Waals surface area contributed by atoms with Crippen LogP contribution in [0.15, 0.2) is 71.6 Å². The first kappa shape index (κ1) is 31.4. The predicted octanol–water partition coefficient (Wildman–Crippen LogP) is 2.21. The summed E-state index contributed by atoms with van der Waals surface area (Å²) < 4.78 is 34.2. The Labute approximate surface area is 250 Å². The smallest absolute Gasteiger partial charge is 0.331 e. The summed E-state index contributed by atoms with van der Waals surface area (Å²) in [6.07, 6.45) is 3.48. The van der Waals surface area contributed by atoms with Crippen molar-refractivity contribution >= 4 is 33.6 Å². The fraction of sp³-hybridized carbons (Fsp3) is 0.290. The molecular weight excluding hydrogens is 570 g/mol. The van der Waals surface area contributed by atoms with Gasteiger partial charge < -0.3 is 21.1 Å². The molecule has 0 aromatic heterocycles. The lowest BCUT2D eigenvalue weighted by molar-refractivity contribution is -0.136. The zero-order valence-corrected chi connectivity index (χ0v) is 24.6. The molecule has 0 aliphatic heterocycles. The number of ether oxygens (including phenoxy) is 1. The first-order valence-corrected chi connectivity index (χ1v) is 15.5. The molecule has 1 aliphatic carbocycles. The van der Waals surface area contributed by atoms with E-state index in [-0.39, 0.29) is 30.2 Å². The molecule has 4 rings (SSSR count). The highest BCUT2D eigenvalue weighted by Gasteiger charge is 2.28. The third-order valence-corrected chi connectivity index (χ3v) is 8.60. The molecule has 43 heavy (non-hydrogen) atoms. The summed E-state index contributed by atoms with van der Waals surface area (Å²) in [4.78, 5) is 38.1. The Morgan fingerprint density at radius 1 is 0.930 bits per heavy atom. The number of carbonyl (C=O) groups is 3. The molecule has 0 spiro atoms. The Hall–Kier alpha value is -4.55. The molecule has 226 valence electrons. The van der Waals surface area contributed by atoms with Crippen molar-refractivity contribution in [2.75, 3.05) is 13.1 Å². The van der Waals surface area contributed by atoms with Crippen molar-refractivity contribution in [2.24, 2.45) is 5.73 Å². The predicted molar refractivity (Wildman–Crippen MR) is 161 cm³/mol. The van der Waals surface area contributed by atoms with Gasteiger partial charge in [0, 0.05) is 30.6 Å². The zero-order chi connectivity index (χ0) is 31.0. The number of sulfonamides is 1. The quantitative estimate of drug-likeness (QED) is 0.0857. The van der Waals surface area contributed by atoms with Gasteiger partial charge in [0.15, 0.2) is 0 Å². The maximum atomic E-state index is 13.2. The van der Waals surface area contributed by atoms with Crippen LogP contribution in [0.5, 0.6) is 5.75 Å². The number of carbonyl (C=O) groups excluding carboxylic acids is 3. The molecule has 1 aliphatic rings. The molecule has 11 nitrogen and oxygen atoms in total. The maximum Gasteiger partial charge on any atom is 0.331 e. The lowest BCUT2D eigenvalue weighted by Crippen LogP contribution is -2.50. The summed E-state index contributed by atoms with van der Waals surface area (Å²) in [5.41, 5.74) is 9.48. The third-order valence-electron chi connectivity index (χ3n) is 7.11. The number of esters is 1. The Bertz CT molecular complexity index is 1600. The van der Waals surface area contributed by atoms with Gasteiger partial charge in [0.1, 0.15) is 17.6 Å². The summed E-state index contributed by atoms with van der Waals surface area (Å²) in [5, 5.41) is 12.6. The maximum absolute atomic E-state index is 13.2. The first-order chi connectivity index (χ1) is 20.6. The number of benzene rings is 3. The van der Waals surface area contributed by atoms with Crippen LogP contribution in [0.1, 0.15) is 52.4 Å². The van der Waals surface area contributed by atoms with E-state index in [0.717, 1.165) is 36.8 Å². The zero-order valence-electron chi connectivity index (χ0n) is 23.8. The number of fused-ring (bicyclic) bond motifs is 1. The molecule has 0 fully saturated rings. The molecule has 0 heterocycles. The number of nitrogens with one attached hydrogen (secondary N) is 4. The lowest BCUT2D eigenvalue weighted by Gasteiger charge is -2.19. The van der Waals surface area contributed by atoms with Gasteiger partial charge in [0.05, 0.1) is 4.90 Å². The number of hydrogen-bond acceptors (Lipinski definition) is 7. The molecule has 1 atom stereocenters. The molecule has 0 unspecified atom stereocenters. The Kier molecular flexibility index (Phi) is 10.3. The third kappa shape index (κ3) is 8.49. The van der Waals surface area contributed by atoms with Crippen molar-refractivity contribution in [3.8, 4) is 5.75 Å². The fourth-order valence-electron chi connectivity index (χ4n) is 4.63. The van der Waals surface area contributed by atoms with Crippen LogP contribution in [-0.2, 0) is 38.9 Å². The van der Waals surface area contributed by atoms with E-state index in [2.05, 4.69) is 15.4 Å². The standard InChI is InChI=1S/C31H35N5O6S/c1-2-20-6-14-26(15-7-20)43(40,41)36-27(31(39)42-25-13-12-21-4-3-5-24(21)18-25)19-35-28(37)16-17-34-30(38)23-10-8-22(9-11-23)29(32)33/h6-15,18,27,36H,2-5,16-17,19H2,1H3,(H3,32,33)(H,34,38)(H,35,37)/t27-/m0/s1. The van der Waals surface area contributed by atoms with Crippen LogP contribution in [0.2, 0.25) is 0 Å². The van der Waals surface area contributed by atoms with Gasteiger partial charge in [0.2, 0.25) is 15.9 Å². The van der Waals surface area contributed by atoms with Crippen LogP contribution < -0.4 is 25.8 Å². The normalized spacial score (nSPS) is 13.0. The highest BCUT2D eigenvalue weighted by Crippen LogP contribution is 2.26. The van der Waals surface area contributed by atoms with Gasteiger partial charge in [-0.1, -0.05) is 37.3 Å². The Balaban J connectivity index is 1.38. The van der Waals surface area contributed by atoms with Crippen LogP contribution >= 0.6 is 0 Å². The van der Waals surface area contributed by atoms with E-state index >= 15 is 0 Å². The second-order valence-corrected chi connectivity index (χ2v) is 11.9. The van der Waals surface area contributed by atoms with E-state index in [1.807, 2.05) is 13.0 Å². The SMILES string of the molecule is CCc1ccc(S(=O)(=O)N[C@@H](CNC(=O)CCNC(=O)c2ccc(C(=N)N)cc2)C(=O)Oc2ccc3c(c2)CCC3)cc1. The molecule has 0 saturated heterocycles. The van der Waals surface area contributed by atoms with Crippen LogP contribution in [0.3, 0.4) is 0 Å². The van der Waals surface area contributed by atoms with E-state index in [1.54, 1.807) is 36.4 Å². The lowest BCUT2D eigenvalue weighted by atomic mass is 10.1. The van der Waals surface area contributed by atoms with Crippen molar-refractivity contribution in [1.82, 2.24) is 15.4 Å². The highest BCUT2D eigenvalue weighted by atomic mass is 32.2. The topological polar surface area (TPSA) is 181 Å². The van der Waals surface area contributed by atoms with Gasteiger partial charge in [-0.2, -0.15) is 4.72 Å². The average Bonchev–Trinajstić information content (AvgIpc) is 3.47. The molecule has 0 bridgehead atoms. The van der Waals surface area contributed by atoms with E-state index < -0.39 is 33.8 Å². The molecule has 0 saturated carbocycles. The summed E-state index contributed by atoms with van der Waals surface area (Å²) in [5.74, 6) is -1.61. The van der Waals surface area contributed by atoms with E-state index in [1.165, 1.54) is 29.8 Å². The monoisotopic (exact) mass is 605 g/mol. The Morgan fingerprint density at radius 3 is 2.28 bits per heavy atom. The van der Waals surface area contributed by atoms with Crippen molar-refractivity contribution < 1.29 is 27.5 Å². The van der Waals surface area contributed by atoms with Gasteiger partial charge in [-0.25, -0.2) is 13.2 Å². The second-order valence-electron chi connectivity index (χ2n) is 10.2. The number of nitrogens with two attached hydrogens (primary N) is 1. The van der Waals surface area contributed by atoms with E-state index in [4.69, 9.17) is 15.9 Å². The number of aryl methyl sites for hydroxylation is 3. The van der Waals surface area contributed by atoms with Crippen LogP contribution in [0.25, 0.3) is 0 Å². The van der Waals surface area contributed by atoms with Crippen molar-refractivity contribution in [2.45, 2.75) is 50.0 Å². The molecule has 2 amide bonds. The number of amidine groups is 1. The summed E-state index contributed by atoms with van der Waals surface area (Å²) in [7, 11) is -4.13. The molecule has 3 aromatic rings. The number of amides is 2. The Morgan fingerprint density at radius 2 is 1.60 bits per heavy atom. The number of nitrogen functional groups attached to an aromatic ring is 1. The van der Waals surface area contributed by atoms with Gasteiger partial charge in [-0.15, -0.1) is 0 Å². The average molecular weight is 606 g/mol. The molecule has 3 aromatic carbocycles. The minimum absolute atomic E-state index is 0.00112. The fourth-order valence-corrected chi connectivity index (χ4v) is 5.81. The van der Waals surface area contributed by atoms with Crippen LogP contribution in [0, 0.1) is 5.41 Å². The summed E-state index contributed by atoms with van der Waals surface area (Å²) >= 11 is 0. The van der Waals surface area contributed by atoms with Crippen LogP contribution in [0.4, 0.5) is 0 Å². The minimum atomic E-state index is -4.13. The first-order valence-electron chi connectivity index (χ1n) is 14.0. The van der Waals surface area contributed by atoms with E-state index in [0.29, 0.717) is 16.9 Å². The number of hydrogen-bond donors (Lipinski definition) is 5. The highest BCUT2D eigenvalue weighted by molar-refractivity contribution is 7.89. The summed E-state index contributed by atoms with van der Waals surface area (Å²) in [6.45, 7) is 1.59. The molecular formula is C31H35N5O6S. The van der Waals surface area contributed by atoms with Crippen LogP contribution in [-0.4, -0.2) is 51.2 Å². The van der Waals surface area contributed by atoms with Gasteiger partial charge in [-0.3, -0.25) is 15.0 Å². The van der Waals surface area contributed by atoms with Crippen molar-refractivity contribution in [1.29, 1.82) is 5.41 Å². The van der Waals surface area contributed by atoms with Crippen molar-refractivity contribution in [3.05, 3.63) is 94.5 Å². The molecule has 0 radical (unpaired) electrons. The second kappa shape index (κ2) is 14.1. The van der Waals surface area contributed by atoms with Gasteiger partial charge >= 0.3 is 5.97 Å². The summed E-state index contributed by atoms with van der Waals surface area (Å²) in [6, 6.07) is 16.4. The largest absolute Gasteiger partial charge is 0.425 e. The van der Waals surface area contributed by atoms with E-state index in [9.17, 15) is 22.8 Å². The molecule has 6 N–H and O–H groups in total. The van der Waals surface area contributed by atoms with Gasteiger partial charge in [-0.05, 0) is 78.8 Å². The van der Waals surface area contributed by atoms with Gasteiger partial charge in [0.25, 0.3) is 5.91 Å². The molecule has 12 heteroatoms. The van der Waals surface area contributed by atoms with Crippen molar-refractivity contribution in [3.63, 3.8) is 0 Å². The minimum Gasteiger partial charge on any atom is -0.425 e.